The van der Waals surface area contributed by atoms with Gasteiger partial charge in [0.05, 0.1) is 0 Å². The van der Waals surface area contributed by atoms with E-state index in [1.165, 1.54) is 0 Å². The number of rotatable bonds is 0. The number of hydrogen-bond acceptors (Lipinski definition) is 0. The molecule has 12 heavy (non-hydrogen) atoms. The molecule has 0 amide bonds. The van der Waals surface area contributed by atoms with E-state index in [2.05, 4.69) is 15.9 Å². The molecule has 0 bridgehead atoms. The highest BCUT2D eigenvalue weighted by Crippen LogP contribution is 2.26. The summed E-state index contributed by atoms with van der Waals surface area (Å²) in [5, 5.41) is 13.0. The SMILES string of the molecule is [O]c1cccc2cc(Br)ccc12. The van der Waals surface area contributed by atoms with Gasteiger partial charge in [-0.3, -0.25) is 5.11 Å². The molecular formula is C10H6BrO. The lowest BCUT2D eigenvalue weighted by Gasteiger charge is -1.97. The molecule has 1 nitrogen and oxygen atoms in total. The van der Waals surface area contributed by atoms with E-state index in [0.717, 1.165) is 15.2 Å². The predicted molar refractivity (Wildman–Crippen MR) is 51.8 cm³/mol. The van der Waals surface area contributed by atoms with Crippen LogP contribution >= 0.6 is 15.9 Å². The maximum atomic E-state index is 11.3. The average molecular weight is 222 g/mol. The van der Waals surface area contributed by atoms with E-state index in [-0.39, 0.29) is 5.75 Å². The van der Waals surface area contributed by atoms with E-state index in [0.29, 0.717) is 0 Å². The third-order valence-electron chi connectivity index (χ3n) is 1.80. The van der Waals surface area contributed by atoms with Crippen molar-refractivity contribution in [2.75, 3.05) is 0 Å². The zero-order valence-corrected chi connectivity index (χ0v) is 7.84. The molecule has 0 spiro atoms. The third-order valence-corrected chi connectivity index (χ3v) is 2.30. The Morgan fingerprint density at radius 2 is 1.92 bits per heavy atom. The smallest absolute Gasteiger partial charge is 0.186 e. The number of halogens is 1. The number of fused-ring (bicyclic) bond motifs is 1. The zero-order valence-electron chi connectivity index (χ0n) is 6.25. The van der Waals surface area contributed by atoms with Crippen LogP contribution in [0.2, 0.25) is 0 Å². The van der Waals surface area contributed by atoms with Crippen molar-refractivity contribution in [3.63, 3.8) is 0 Å². The molecule has 0 atom stereocenters. The minimum Gasteiger partial charge on any atom is -0.289 e. The molecule has 0 saturated heterocycles. The summed E-state index contributed by atoms with van der Waals surface area (Å²) in [4.78, 5) is 0. The summed E-state index contributed by atoms with van der Waals surface area (Å²) in [6.45, 7) is 0. The summed E-state index contributed by atoms with van der Waals surface area (Å²) >= 11 is 3.35. The van der Waals surface area contributed by atoms with Gasteiger partial charge in [-0.1, -0.05) is 28.1 Å². The van der Waals surface area contributed by atoms with E-state index in [4.69, 9.17) is 0 Å². The lowest BCUT2D eigenvalue weighted by Crippen LogP contribution is -1.72. The van der Waals surface area contributed by atoms with Gasteiger partial charge in [-0.25, -0.2) is 0 Å². The molecule has 0 heterocycles. The fourth-order valence-corrected chi connectivity index (χ4v) is 1.60. The van der Waals surface area contributed by atoms with Crippen molar-refractivity contribution in [2.45, 2.75) is 0 Å². The van der Waals surface area contributed by atoms with E-state index in [1.54, 1.807) is 12.1 Å². The average Bonchev–Trinajstić information content (AvgIpc) is 2.04. The van der Waals surface area contributed by atoms with Gasteiger partial charge >= 0.3 is 0 Å². The topological polar surface area (TPSA) is 19.9 Å². The van der Waals surface area contributed by atoms with Gasteiger partial charge in [-0.15, -0.1) is 0 Å². The first-order chi connectivity index (χ1) is 5.77. The second-order valence-corrected chi connectivity index (χ2v) is 3.54. The van der Waals surface area contributed by atoms with Crippen molar-refractivity contribution in [3.8, 4) is 5.75 Å². The highest BCUT2D eigenvalue weighted by Gasteiger charge is 1.99. The van der Waals surface area contributed by atoms with Crippen molar-refractivity contribution < 1.29 is 5.11 Å². The molecule has 0 N–H and O–H groups in total. The third kappa shape index (κ3) is 1.18. The Labute approximate surface area is 78.8 Å². The summed E-state index contributed by atoms with van der Waals surface area (Å²) in [6.07, 6.45) is 0. The molecular weight excluding hydrogens is 216 g/mol. The monoisotopic (exact) mass is 221 g/mol. The van der Waals surface area contributed by atoms with Crippen LogP contribution in [0.25, 0.3) is 10.8 Å². The van der Waals surface area contributed by atoms with Crippen LogP contribution in [0.4, 0.5) is 0 Å². The number of benzene rings is 2. The summed E-state index contributed by atoms with van der Waals surface area (Å²) in [6, 6.07) is 10.9. The first kappa shape index (κ1) is 7.62. The Balaban J connectivity index is 2.86. The Morgan fingerprint density at radius 3 is 2.75 bits per heavy atom. The molecule has 0 fully saturated rings. The van der Waals surface area contributed by atoms with Gasteiger partial charge in [-0.2, -0.15) is 0 Å². The van der Waals surface area contributed by atoms with Gasteiger partial charge in [0.25, 0.3) is 0 Å². The molecule has 2 heteroatoms. The predicted octanol–water partition coefficient (Wildman–Crippen LogP) is 3.75. The van der Waals surface area contributed by atoms with Crippen LogP contribution in [0.5, 0.6) is 5.75 Å². The largest absolute Gasteiger partial charge is 0.289 e. The zero-order chi connectivity index (χ0) is 8.55. The summed E-state index contributed by atoms with van der Waals surface area (Å²) in [5.74, 6) is 0.0833. The molecule has 1 radical (unpaired) electrons. The van der Waals surface area contributed by atoms with Gasteiger partial charge in [0.2, 0.25) is 0 Å². The van der Waals surface area contributed by atoms with E-state index in [1.807, 2.05) is 24.3 Å². The lowest BCUT2D eigenvalue weighted by molar-refractivity contribution is 0.360. The molecule has 2 rings (SSSR count). The Bertz CT molecular complexity index is 423. The van der Waals surface area contributed by atoms with E-state index >= 15 is 0 Å². The van der Waals surface area contributed by atoms with Crippen molar-refractivity contribution in [1.82, 2.24) is 0 Å². The van der Waals surface area contributed by atoms with Crippen molar-refractivity contribution in [1.29, 1.82) is 0 Å². The standard InChI is InChI=1S/C10H6BrO/c11-8-4-5-9-7(6-8)2-1-3-10(9)12/h1-6H. The minimum absolute atomic E-state index is 0.0833. The van der Waals surface area contributed by atoms with Crippen LogP contribution in [-0.4, -0.2) is 0 Å². The van der Waals surface area contributed by atoms with Crippen molar-refractivity contribution in [3.05, 3.63) is 40.9 Å². The fourth-order valence-electron chi connectivity index (χ4n) is 1.22. The van der Waals surface area contributed by atoms with Gasteiger partial charge < -0.3 is 0 Å². The van der Waals surface area contributed by atoms with Gasteiger partial charge in [0.15, 0.2) is 5.75 Å². The second kappa shape index (κ2) is 2.79. The second-order valence-electron chi connectivity index (χ2n) is 2.62. The van der Waals surface area contributed by atoms with Gasteiger partial charge in [0.1, 0.15) is 0 Å². The quantitative estimate of drug-likeness (QED) is 0.646. The van der Waals surface area contributed by atoms with Crippen molar-refractivity contribution >= 4 is 26.7 Å². The molecule has 0 aliphatic rings. The Kier molecular flexibility index (Phi) is 1.77. The first-order valence-electron chi connectivity index (χ1n) is 3.63. The molecule has 0 aliphatic heterocycles. The Morgan fingerprint density at radius 1 is 1.08 bits per heavy atom. The minimum atomic E-state index is 0.0833. The molecule has 0 aromatic heterocycles. The highest BCUT2D eigenvalue weighted by atomic mass is 79.9. The Hall–Kier alpha value is -1.02. The van der Waals surface area contributed by atoms with Crippen LogP contribution in [-0.2, 0) is 5.11 Å². The molecule has 0 unspecified atom stereocenters. The van der Waals surface area contributed by atoms with Gasteiger partial charge in [-0.05, 0) is 29.7 Å². The number of hydrogen-bond donors (Lipinski definition) is 0. The molecule has 2 aromatic rings. The fraction of sp³-hybridized carbons (Fsp3) is 0. The van der Waals surface area contributed by atoms with E-state index in [9.17, 15) is 5.11 Å². The maximum absolute atomic E-state index is 11.3. The molecule has 59 valence electrons. The van der Waals surface area contributed by atoms with Crippen LogP contribution < -0.4 is 0 Å². The normalized spacial score (nSPS) is 10.4. The van der Waals surface area contributed by atoms with Crippen molar-refractivity contribution in [2.24, 2.45) is 0 Å². The van der Waals surface area contributed by atoms with Crippen LogP contribution in [0, 0.1) is 0 Å². The first-order valence-corrected chi connectivity index (χ1v) is 4.42. The summed E-state index contributed by atoms with van der Waals surface area (Å²) < 4.78 is 1.00. The maximum Gasteiger partial charge on any atom is 0.186 e. The lowest BCUT2D eigenvalue weighted by atomic mass is 10.1. The van der Waals surface area contributed by atoms with Gasteiger partial charge in [0, 0.05) is 9.86 Å². The molecule has 2 aromatic carbocycles. The molecule has 0 saturated carbocycles. The highest BCUT2D eigenvalue weighted by molar-refractivity contribution is 9.10. The summed E-state index contributed by atoms with van der Waals surface area (Å²) in [5.41, 5.74) is 0. The van der Waals surface area contributed by atoms with Crippen LogP contribution in [0.1, 0.15) is 0 Å². The van der Waals surface area contributed by atoms with E-state index < -0.39 is 0 Å². The molecule has 0 aliphatic carbocycles. The van der Waals surface area contributed by atoms with Crippen LogP contribution in [0.15, 0.2) is 40.9 Å². The summed E-state index contributed by atoms with van der Waals surface area (Å²) in [7, 11) is 0. The van der Waals surface area contributed by atoms with Crippen LogP contribution in [0.3, 0.4) is 0 Å².